The zero-order valence-electron chi connectivity index (χ0n) is 11.9. The molecule has 1 amide bonds. The molecule has 0 aromatic carbocycles. The van der Waals surface area contributed by atoms with Gasteiger partial charge in [-0.15, -0.1) is 0 Å². The van der Waals surface area contributed by atoms with E-state index in [1.54, 1.807) is 13.1 Å². The number of carbonyl (C=O) groups excluding carboxylic acids is 1. The van der Waals surface area contributed by atoms with Crippen molar-refractivity contribution in [3.8, 4) is 0 Å². The van der Waals surface area contributed by atoms with Crippen LogP contribution >= 0.6 is 11.6 Å². The number of aromatic nitrogens is 1. The van der Waals surface area contributed by atoms with E-state index in [4.69, 9.17) is 11.6 Å². The molecule has 1 aromatic heterocycles. The van der Waals surface area contributed by atoms with Crippen molar-refractivity contribution in [2.75, 3.05) is 39.0 Å². The fourth-order valence-corrected chi connectivity index (χ4v) is 2.71. The van der Waals surface area contributed by atoms with Crippen LogP contribution in [0.4, 0.5) is 5.82 Å². The van der Waals surface area contributed by atoms with Crippen LogP contribution in [0, 0.1) is 5.92 Å². The molecule has 2 N–H and O–H groups in total. The first-order chi connectivity index (χ1) is 9.60. The molecule has 2 rings (SSSR count). The summed E-state index contributed by atoms with van der Waals surface area (Å²) >= 11 is 6.03. The van der Waals surface area contributed by atoms with Gasteiger partial charge in [0.05, 0.1) is 10.6 Å². The molecule has 1 saturated heterocycles. The largest absolute Gasteiger partial charge is 0.373 e. The lowest BCUT2D eigenvalue weighted by molar-refractivity contribution is 0.0937. The van der Waals surface area contributed by atoms with Crippen molar-refractivity contribution in [3.05, 3.63) is 22.8 Å². The fourth-order valence-electron chi connectivity index (χ4n) is 2.52. The Morgan fingerprint density at radius 3 is 3.10 bits per heavy atom. The highest BCUT2D eigenvalue weighted by Crippen LogP contribution is 2.18. The van der Waals surface area contributed by atoms with Crippen LogP contribution < -0.4 is 10.6 Å². The maximum atomic E-state index is 12.2. The summed E-state index contributed by atoms with van der Waals surface area (Å²) < 4.78 is 0. The minimum atomic E-state index is -0.137. The lowest BCUT2D eigenvalue weighted by Crippen LogP contribution is -2.39. The third-order valence-corrected chi connectivity index (χ3v) is 3.93. The van der Waals surface area contributed by atoms with E-state index in [0.29, 0.717) is 28.9 Å². The van der Waals surface area contributed by atoms with Crippen molar-refractivity contribution < 1.29 is 4.79 Å². The first kappa shape index (κ1) is 15.1. The summed E-state index contributed by atoms with van der Waals surface area (Å²) in [5, 5.41) is 6.26. The van der Waals surface area contributed by atoms with Gasteiger partial charge in [0.25, 0.3) is 5.91 Å². The van der Waals surface area contributed by atoms with Gasteiger partial charge in [0.2, 0.25) is 0 Å². The van der Waals surface area contributed by atoms with Crippen molar-refractivity contribution in [2.24, 2.45) is 5.92 Å². The fraction of sp³-hybridized carbons (Fsp3) is 0.571. The number of hydrogen-bond acceptors (Lipinski definition) is 4. The standard InChI is InChI=1S/C14H21ClN4O/c1-16-13-6-11(12(15)8-17-13)14(20)18-7-10-4-3-5-19(2)9-10/h6,8,10H,3-5,7,9H2,1-2H3,(H,16,17)(H,18,20). The molecule has 110 valence electrons. The van der Waals surface area contributed by atoms with Crippen molar-refractivity contribution >= 4 is 23.3 Å². The number of piperidine rings is 1. The Balaban J connectivity index is 1.94. The SMILES string of the molecule is CNc1cc(C(=O)NCC2CCCN(C)C2)c(Cl)cn1. The van der Waals surface area contributed by atoms with Crippen molar-refractivity contribution in [1.29, 1.82) is 0 Å². The van der Waals surface area contributed by atoms with Crippen LogP contribution in [0.1, 0.15) is 23.2 Å². The molecule has 1 atom stereocenters. The second kappa shape index (κ2) is 6.90. The van der Waals surface area contributed by atoms with E-state index in [2.05, 4.69) is 27.6 Å². The Hall–Kier alpha value is -1.33. The number of carbonyl (C=O) groups is 1. The minimum absolute atomic E-state index is 0.137. The number of anilines is 1. The van der Waals surface area contributed by atoms with E-state index in [9.17, 15) is 4.79 Å². The van der Waals surface area contributed by atoms with E-state index >= 15 is 0 Å². The normalized spacial score (nSPS) is 19.6. The average Bonchev–Trinajstić information content (AvgIpc) is 2.45. The maximum absolute atomic E-state index is 12.2. The predicted octanol–water partition coefficient (Wildman–Crippen LogP) is 1.85. The van der Waals surface area contributed by atoms with Crippen LogP contribution in [-0.2, 0) is 0 Å². The predicted molar refractivity (Wildman–Crippen MR) is 81.3 cm³/mol. The van der Waals surface area contributed by atoms with Gasteiger partial charge < -0.3 is 15.5 Å². The highest BCUT2D eigenvalue weighted by molar-refractivity contribution is 6.33. The summed E-state index contributed by atoms with van der Waals surface area (Å²) in [4.78, 5) is 18.6. The molecular formula is C14H21ClN4O. The second-order valence-corrected chi connectivity index (χ2v) is 5.69. The molecule has 5 nitrogen and oxygen atoms in total. The first-order valence-corrected chi connectivity index (χ1v) is 7.28. The van der Waals surface area contributed by atoms with Gasteiger partial charge >= 0.3 is 0 Å². The summed E-state index contributed by atoms with van der Waals surface area (Å²) in [6, 6.07) is 1.67. The highest BCUT2D eigenvalue weighted by atomic mass is 35.5. The van der Waals surface area contributed by atoms with E-state index in [0.717, 1.165) is 19.5 Å². The summed E-state index contributed by atoms with van der Waals surface area (Å²) in [7, 11) is 3.88. The van der Waals surface area contributed by atoms with E-state index in [1.165, 1.54) is 12.6 Å². The lowest BCUT2D eigenvalue weighted by Gasteiger charge is -2.29. The van der Waals surface area contributed by atoms with Crippen LogP contribution in [0.2, 0.25) is 5.02 Å². The average molecular weight is 297 g/mol. The topological polar surface area (TPSA) is 57.3 Å². The molecule has 1 unspecified atom stereocenters. The Kier molecular flexibility index (Phi) is 5.20. The quantitative estimate of drug-likeness (QED) is 0.890. The Morgan fingerprint density at radius 2 is 2.40 bits per heavy atom. The van der Waals surface area contributed by atoms with Crippen molar-refractivity contribution in [2.45, 2.75) is 12.8 Å². The lowest BCUT2D eigenvalue weighted by atomic mass is 9.98. The second-order valence-electron chi connectivity index (χ2n) is 5.28. The van der Waals surface area contributed by atoms with Crippen LogP contribution in [0.25, 0.3) is 0 Å². The van der Waals surface area contributed by atoms with Crippen LogP contribution in [-0.4, -0.2) is 49.5 Å². The molecule has 0 aliphatic carbocycles. The number of amides is 1. The molecule has 1 aromatic rings. The zero-order chi connectivity index (χ0) is 14.5. The van der Waals surface area contributed by atoms with Crippen LogP contribution in [0.5, 0.6) is 0 Å². The number of nitrogens with zero attached hydrogens (tertiary/aromatic N) is 2. The van der Waals surface area contributed by atoms with Gasteiger partial charge in [0.1, 0.15) is 5.82 Å². The molecule has 0 radical (unpaired) electrons. The number of rotatable bonds is 4. The minimum Gasteiger partial charge on any atom is -0.373 e. The van der Waals surface area contributed by atoms with Crippen LogP contribution in [0.15, 0.2) is 12.3 Å². The van der Waals surface area contributed by atoms with Gasteiger partial charge in [-0.05, 0) is 38.4 Å². The number of hydrogen-bond donors (Lipinski definition) is 2. The Labute approximate surface area is 124 Å². The molecule has 6 heteroatoms. The van der Waals surface area contributed by atoms with Gasteiger partial charge in [0.15, 0.2) is 0 Å². The molecule has 0 bridgehead atoms. The number of halogens is 1. The molecule has 1 aliphatic heterocycles. The summed E-state index contributed by atoms with van der Waals surface area (Å²) in [6.45, 7) is 2.87. The molecule has 0 saturated carbocycles. The van der Waals surface area contributed by atoms with Gasteiger partial charge in [-0.25, -0.2) is 4.98 Å². The number of pyridine rings is 1. The van der Waals surface area contributed by atoms with Gasteiger partial charge in [-0.2, -0.15) is 0 Å². The summed E-state index contributed by atoms with van der Waals surface area (Å²) in [6.07, 6.45) is 3.85. The third-order valence-electron chi connectivity index (χ3n) is 3.63. The summed E-state index contributed by atoms with van der Waals surface area (Å²) in [5.41, 5.74) is 0.468. The number of nitrogens with one attached hydrogen (secondary N) is 2. The molecule has 0 spiro atoms. The van der Waals surface area contributed by atoms with Gasteiger partial charge in [0, 0.05) is 26.3 Å². The highest BCUT2D eigenvalue weighted by Gasteiger charge is 2.19. The molecule has 2 heterocycles. The van der Waals surface area contributed by atoms with E-state index in [-0.39, 0.29) is 5.91 Å². The Bertz CT molecular complexity index is 480. The van der Waals surface area contributed by atoms with Gasteiger partial charge in [-0.3, -0.25) is 4.79 Å². The zero-order valence-corrected chi connectivity index (χ0v) is 12.7. The van der Waals surface area contributed by atoms with E-state index in [1.807, 2.05) is 0 Å². The molecular weight excluding hydrogens is 276 g/mol. The number of likely N-dealkylation sites (tertiary alicyclic amines) is 1. The smallest absolute Gasteiger partial charge is 0.253 e. The van der Waals surface area contributed by atoms with Gasteiger partial charge in [-0.1, -0.05) is 11.6 Å². The van der Waals surface area contributed by atoms with Crippen LogP contribution in [0.3, 0.4) is 0 Å². The Morgan fingerprint density at radius 1 is 1.60 bits per heavy atom. The van der Waals surface area contributed by atoms with E-state index < -0.39 is 0 Å². The van der Waals surface area contributed by atoms with Crippen molar-refractivity contribution in [3.63, 3.8) is 0 Å². The van der Waals surface area contributed by atoms with Crippen molar-refractivity contribution in [1.82, 2.24) is 15.2 Å². The molecule has 20 heavy (non-hydrogen) atoms. The summed E-state index contributed by atoms with van der Waals surface area (Å²) in [5.74, 6) is 1.01. The molecule has 1 fully saturated rings. The first-order valence-electron chi connectivity index (χ1n) is 6.90. The third kappa shape index (κ3) is 3.84. The maximum Gasteiger partial charge on any atom is 0.253 e. The molecule has 1 aliphatic rings. The monoisotopic (exact) mass is 296 g/mol.